The summed E-state index contributed by atoms with van der Waals surface area (Å²) in [7, 11) is 0. The Kier molecular flexibility index (Phi) is 7.32. The van der Waals surface area contributed by atoms with Gasteiger partial charge in [0, 0.05) is 35.2 Å². The lowest BCUT2D eigenvalue weighted by atomic mass is 9.86. The zero-order valence-electron chi connectivity index (χ0n) is 17.1. The molecule has 0 radical (unpaired) electrons. The number of carbonyl (C=O) groups is 2. The third-order valence-electron chi connectivity index (χ3n) is 5.36. The molecule has 0 aromatic heterocycles. The van der Waals surface area contributed by atoms with Crippen molar-refractivity contribution in [2.45, 2.75) is 39.5 Å². The molecule has 1 atom stereocenters. The highest BCUT2D eigenvalue weighted by Gasteiger charge is 2.31. The zero-order valence-corrected chi connectivity index (χ0v) is 17.9. The quantitative estimate of drug-likeness (QED) is 0.421. The number of hydrogen-bond acceptors (Lipinski definition) is 3. The molecular formula is C24H28ClNO3. The van der Waals surface area contributed by atoms with E-state index in [2.05, 4.69) is 6.92 Å². The minimum absolute atomic E-state index is 0.0371. The van der Waals surface area contributed by atoms with Crippen LogP contribution < -0.4 is 0 Å². The van der Waals surface area contributed by atoms with Gasteiger partial charge in [-0.1, -0.05) is 66.9 Å². The van der Waals surface area contributed by atoms with E-state index in [1.807, 2.05) is 49.4 Å². The molecular weight excluding hydrogens is 386 g/mol. The first-order chi connectivity index (χ1) is 14.0. The van der Waals surface area contributed by atoms with Crippen molar-refractivity contribution < 1.29 is 14.3 Å². The number of carbonyl (C=O) groups excluding carboxylic acids is 2. The second-order valence-corrected chi connectivity index (χ2v) is 8.06. The summed E-state index contributed by atoms with van der Waals surface area (Å²) in [6.45, 7) is 5.53. The monoisotopic (exact) mass is 413 g/mol. The maximum absolute atomic E-state index is 13.4. The molecule has 154 valence electrons. The van der Waals surface area contributed by atoms with Gasteiger partial charge in [0.25, 0.3) is 0 Å². The molecule has 0 spiro atoms. The Morgan fingerprint density at radius 3 is 2.76 bits per heavy atom. The number of unbranched alkanes of at least 4 members (excludes halogenated alkanes) is 1. The van der Waals surface area contributed by atoms with Crippen molar-refractivity contribution in [3.8, 4) is 11.1 Å². The Balaban J connectivity index is 1.82. The maximum atomic E-state index is 13.4. The van der Waals surface area contributed by atoms with Gasteiger partial charge in [-0.15, -0.1) is 0 Å². The summed E-state index contributed by atoms with van der Waals surface area (Å²) in [5, 5.41) is 0.563. The van der Waals surface area contributed by atoms with Gasteiger partial charge in [0.15, 0.2) is 5.78 Å². The smallest absolute Gasteiger partial charge is 0.409 e. The lowest BCUT2D eigenvalue weighted by Gasteiger charge is -2.31. The second-order valence-electron chi connectivity index (χ2n) is 7.65. The van der Waals surface area contributed by atoms with Gasteiger partial charge in [-0.05, 0) is 37.8 Å². The molecule has 1 aliphatic heterocycles. The van der Waals surface area contributed by atoms with E-state index < -0.39 is 0 Å². The summed E-state index contributed by atoms with van der Waals surface area (Å²) in [6.07, 6.45) is 3.06. The van der Waals surface area contributed by atoms with E-state index in [0.717, 1.165) is 42.4 Å². The summed E-state index contributed by atoms with van der Waals surface area (Å²) < 4.78 is 5.34. The summed E-state index contributed by atoms with van der Waals surface area (Å²) in [5.74, 6) is -0.209. The number of ether oxygens (including phenoxy) is 1. The number of rotatable bonds is 6. The van der Waals surface area contributed by atoms with Crippen LogP contribution >= 0.6 is 11.6 Å². The first kappa shape index (κ1) is 21.4. The Bertz CT molecular complexity index is 880. The minimum Gasteiger partial charge on any atom is -0.449 e. The van der Waals surface area contributed by atoms with Crippen molar-refractivity contribution in [3.63, 3.8) is 0 Å². The molecule has 2 aromatic carbocycles. The number of piperidine rings is 1. The number of aryl methyl sites for hydroxylation is 1. The molecule has 2 aromatic rings. The minimum atomic E-state index is -0.319. The van der Waals surface area contributed by atoms with Gasteiger partial charge in [0.05, 0.1) is 6.61 Å². The standard InChI is InChI=1S/C24H28ClNO3/c1-3-4-14-29-24(28)26-13-7-10-19(16-26)23(27)20-11-6-12-21(25)22(20)18-9-5-8-17(2)15-18/h5-6,8-9,11-12,15,19H,3-4,7,10,13-14,16H2,1-2H3. The van der Waals surface area contributed by atoms with Gasteiger partial charge in [-0.2, -0.15) is 0 Å². The van der Waals surface area contributed by atoms with E-state index in [1.54, 1.807) is 4.90 Å². The molecule has 1 amide bonds. The third kappa shape index (κ3) is 5.18. The Morgan fingerprint density at radius 2 is 2.00 bits per heavy atom. The van der Waals surface area contributed by atoms with Crippen LogP contribution in [0, 0.1) is 12.8 Å². The van der Waals surface area contributed by atoms with E-state index in [4.69, 9.17) is 16.3 Å². The highest BCUT2D eigenvalue weighted by molar-refractivity contribution is 6.34. The fourth-order valence-corrected chi connectivity index (χ4v) is 4.08. The largest absolute Gasteiger partial charge is 0.449 e. The molecule has 1 unspecified atom stereocenters. The van der Waals surface area contributed by atoms with Crippen LogP contribution in [-0.2, 0) is 4.74 Å². The molecule has 1 aliphatic rings. The Labute approximate surface area is 177 Å². The van der Waals surface area contributed by atoms with E-state index in [0.29, 0.717) is 30.3 Å². The van der Waals surface area contributed by atoms with Crippen molar-refractivity contribution in [1.29, 1.82) is 0 Å². The number of Topliss-reactive ketones (excluding diaryl/α,β-unsaturated/α-hetero) is 1. The second kappa shape index (κ2) is 9.93. The van der Waals surface area contributed by atoms with Crippen molar-refractivity contribution in [2.24, 2.45) is 5.92 Å². The topological polar surface area (TPSA) is 46.6 Å². The first-order valence-corrected chi connectivity index (χ1v) is 10.7. The number of hydrogen-bond donors (Lipinski definition) is 0. The molecule has 0 saturated carbocycles. The fraction of sp³-hybridized carbons (Fsp3) is 0.417. The lowest BCUT2D eigenvalue weighted by Crippen LogP contribution is -2.42. The van der Waals surface area contributed by atoms with Gasteiger partial charge in [0.2, 0.25) is 0 Å². The van der Waals surface area contributed by atoms with Crippen LogP contribution in [0.4, 0.5) is 4.79 Å². The van der Waals surface area contributed by atoms with Gasteiger partial charge in [-0.3, -0.25) is 4.79 Å². The Morgan fingerprint density at radius 1 is 1.21 bits per heavy atom. The maximum Gasteiger partial charge on any atom is 0.409 e. The third-order valence-corrected chi connectivity index (χ3v) is 5.67. The molecule has 5 heteroatoms. The van der Waals surface area contributed by atoms with E-state index >= 15 is 0 Å². The van der Waals surface area contributed by atoms with Gasteiger partial charge < -0.3 is 9.64 Å². The zero-order chi connectivity index (χ0) is 20.8. The van der Waals surface area contributed by atoms with Crippen LogP contribution in [-0.4, -0.2) is 36.5 Å². The Hall–Kier alpha value is -2.33. The predicted molar refractivity (Wildman–Crippen MR) is 117 cm³/mol. The molecule has 4 nitrogen and oxygen atoms in total. The van der Waals surface area contributed by atoms with Crippen LogP contribution in [0.2, 0.25) is 5.02 Å². The highest BCUT2D eigenvalue weighted by Crippen LogP contribution is 2.34. The number of halogens is 1. The average molecular weight is 414 g/mol. The van der Waals surface area contributed by atoms with Crippen molar-refractivity contribution in [1.82, 2.24) is 4.90 Å². The molecule has 29 heavy (non-hydrogen) atoms. The van der Waals surface area contributed by atoms with E-state index in [9.17, 15) is 9.59 Å². The fourth-order valence-electron chi connectivity index (χ4n) is 3.80. The number of ketones is 1. The highest BCUT2D eigenvalue weighted by atomic mass is 35.5. The van der Waals surface area contributed by atoms with Gasteiger partial charge in [0.1, 0.15) is 0 Å². The predicted octanol–water partition coefficient (Wildman–Crippen LogP) is 6.15. The van der Waals surface area contributed by atoms with Crippen LogP contribution in [0.15, 0.2) is 42.5 Å². The van der Waals surface area contributed by atoms with E-state index in [1.165, 1.54) is 0 Å². The first-order valence-electron chi connectivity index (χ1n) is 10.3. The van der Waals surface area contributed by atoms with Crippen LogP contribution in [0.1, 0.15) is 48.5 Å². The summed E-state index contributed by atoms with van der Waals surface area (Å²) in [6, 6.07) is 13.5. The van der Waals surface area contributed by atoms with Gasteiger partial charge >= 0.3 is 6.09 Å². The number of amides is 1. The van der Waals surface area contributed by atoms with Crippen molar-refractivity contribution in [3.05, 3.63) is 58.6 Å². The summed E-state index contributed by atoms with van der Waals surface area (Å²) in [5.41, 5.74) is 3.44. The van der Waals surface area contributed by atoms with Crippen LogP contribution in [0.5, 0.6) is 0 Å². The summed E-state index contributed by atoms with van der Waals surface area (Å²) >= 11 is 6.51. The SMILES string of the molecule is CCCCOC(=O)N1CCCC(C(=O)c2cccc(Cl)c2-c2cccc(C)c2)C1. The van der Waals surface area contributed by atoms with E-state index in [-0.39, 0.29) is 17.8 Å². The molecule has 0 aliphatic carbocycles. The van der Waals surface area contributed by atoms with Crippen molar-refractivity contribution in [2.75, 3.05) is 19.7 Å². The lowest BCUT2D eigenvalue weighted by molar-refractivity contribution is 0.0710. The number of likely N-dealkylation sites (tertiary alicyclic amines) is 1. The molecule has 1 saturated heterocycles. The van der Waals surface area contributed by atoms with Crippen molar-refractivity contribution >= 4 is 23.5 Å². The molecule has 0 bridgehead atoms. The van der Waals surface area contributed by atoms with Crippen LogP contribution in [0.3, 0.4) is 0 Å². The van der Waals surface area contributed by atoms with Gasteiger partial charge in [-0.25, -0.2) is 4.79 Å². The molecule has 3 rings (SSSR count). The number of nitrogens with zero attached hydrogens (tertiary/aromatic N) is 1. The summed E-state index contributed by atoms with van der Waals surface area (Å²) in [4.78, 5) is 27.4. The van der Waals surface area contributed by atoms with Crippen LogP contribution in [0.25, 0.3) is 11.1 Å². The molecule has 1 fully saturated rings. The molecule has 1 heterocycles. The average Bonchev–Trinajstić information content (AvgIpc) is 2.73. The normalized spacial score (nSPS) is 16.5. The number of benzene rings is 2. The molecule has 0 N–H and O–H groups in total.